The van der Waals surface area contributed by atoms with Crippen LogP contribution in [0.25, 0.3) is 0 Å². The Morgan fingerprint density at radius 3 is 2.23 bits per heavy atom. The lowest BCUT2D eigenvalue weighted by molar-refractivity contribution is 0.0945. The molecule has 7 nitrogen and oxygen atoms in total. The number of nitrogens with zero attached hydrogens (tertiary/aromatic N) is 2. The van der Waals surface area contributed by atoms with Crippen LogP contribution >= 0.6 is 0 Å². The number of sulfonamides is 1. The lowest BCUT2D eigenvalue weighted by Crippen LogP contribution is -2.50. The molecule has 1 aliphatic rings. The van der Waals surface area contributed by atoms with Gasteiger partial charge in [-0.2, -0.15) is 4.31 Å². The number of carbonyl (C=O) groups is 1. The largest absolute Gasteiger partial charge is 0.494 e. The maximum absolute atomic E-state index is 12.8. The molecule has 0 bridgehead atoms. The molecule has 0 unspecified atom stereocenters. The van der Waals surface area contributed by atoms with Gasteiger partial charge >= 0.3 is 0 Å². The van der Waals surface area contributed by atoms with Crippen LogP contribution in [-0.4, -0.2) is 69.4 Å². The molecule has 1 heterocycles. The van der Waals surface area contributed by atoms with Gasteiger partial charge in [-0.1, -0.05) is 17.7 Å². The number of ether oxygens (including phenoxy) is 1. The van der Waals surface area contributed by atoms with Gasteiger partial charge in [-0.25, -0.2) is 8.42 Å². The number of nitrogens with one attached hydrogen (secondary N) is 1. The zero-order valence-electron chi connectivity index (χ0n) is 17.5. The van der Waals surface area contributed by atoms with E-state index < -0.39 is 10.0 Å². The first-order valence-electron chi connectivity index (χ1n) is 10.2. The summed E-state index contributed by atoms with van der Waals surface area (Å²) in [5.41, 5.74) is 1.62. The van der Waals surface area contributed by atoms with Gasteiger partial charge in [-0.3, -0.25) is 9.69 Å². The van der Waals surface area contributed by atoms with Crippen molar-refractivity contribution in [3.63, 3.8) is 0 Å². The summed E-state index contributed by atoms with van der Waals surface area (Å²) in [5.74, 6) is 0.617. The number of amides is 1. The third kappa shape index (κ3) is 5.59. The standard InChI is InChI=1S/C22H29N3O4S/c1-3-29-20-8-6-19(7-9-20)22(26)23-12-13-24-14-16-25(17-15-24)30(27,28)21-10-4-18(2)5-11-21/h4-11H,3,12-17H2,1-2H3,(H,23,26). The van der Waals surface area contributed by atoms with Crippen LogP contribution in [0.4, 0.5) is 0 Å². The minimum atomic E-state index is -3.45. The summed E-state index contributed by atoms with van der Waals surface area (Å²) in [7, 11) is -3.45. The number of piperazine rings is 1. The van der Waals surface area contributed by atoms with E-state index in [9.17, 15) is 13.2 Å². The zero-order chi connectivity index (χ0) is 21.6. The molecule has 2 aromatic carbocycles. The summed E-state index contributed by atoms with van der Waals surface area (Å²) in [6.07, 6.45) is 0. The highest BCUT2D eigenvalue weighted by molar-refractivity contribution is 7.89. The van der Waals surface area contributed by atoms with Crippen LogP contribution in [0.1, 0.15) is 22.8 Å². The average Bonchev–Trinajstić information content (AvgIpc) is 2.75. The first-order valence-corrected chi connectivity index (χ1v) is 11.6. The van der Waals surface area contributed by atoms with Crippen LogP contribution in [0.2, 0.25) is 0 Å². The first-order chi connectivity index (χ1) is 14.4. The van der Waals surface area contributed by atoms with Crippen molar-refractivity contribution in [2.24, 2.45) is 0 Å². The van der Waals surface area contributed by atoms with E-state index in [2.05, 4.69) is 10.2 Å². The second-order valence-corrected chi connectivity index (χ2v) is 9.21. The average molecular weight is 432 g/mol. The Morgan fingerprint density at radius 2 is 1.63 bits per heavy atom. The Kier molecular flexibility index (Phi) is 7.47. The number of rotatable bonds is 8. The number of carbonyl (C=O) groups excluding carboxylic acids is 1. The Balaban J connectivity index is 1.43. The number of hydrogen-bond acceptors (Lipinski definition) is 5. The van der Waals surface area contributed by atoms with Gasteiger partial charge in [0.2, 0.25) is 10.0 Å². The third-order valence-corrected chi connectivity index (χ3v) is 7.04. The van der Waals surface area contributed by atoms with E-state index in [1.807, 2.05) is 26.0 Å². The van der Waals surface area contributed by atoms with Crippen molar-refractivity contribution in [1.82, 2.24) is 14.5 Å². The molecule has 3 rings (SSSR count). The Hall–Kier alpha value is -2.42. The van der Waals surface area contributed by atoms with Crippen LogP contribution in [0, 0.1) is 6.92 Å². The highest BCUT2D eigenvalue weighted by atomic mass is 32.2. The summed E-state index contributed by atoms with van der Waals surface area (Å²) in [6, 6.07) is 14.0. The minimum Gasteiger partial charge on any atom is -0.494 e. The van der Waals surface area contributed by atoms with Gasteiger partial charge in [-0.15, -0.1) is 0 Å². The zero-order valence-corrected chi connectivity index (χ0v) is 18.3. The normalized spacial score (nSPS) is 15.7. The molecule has 30 heavy (non-hydrogen) atoms. The van der Waals surface area contributed by atoms with Crippen LogP contribution in [0.3, 0.4) is 0 Å². The smallest absolute Gasteiger partial charge is 0.251 e. The topological polar surface area (TPSA) is 79.0 Å². The summed E-state index contributed by atoms with van der Waals surface area (Å²) >= 11 is 0. The monoisotopic (exact) mass is 431 g/mol. The molecule has 1 aliphatic heterocycles. The fraction of sp³-hybridized carbons (Fsp3) is 0.409. The maximum atomic E-state index is 12.8. The van der Waals surface area contributed by atoms with Crippen LogP contribution < -0.4 is 10.1 Å². The lowest BCUT2D eigenvalue weighted by Gasteiger charge is -2.34. The molecule has 1 saturated heterocycles. The van der Waals surface area contributed by atoms with Crippen molar-refractivity contribution in [3.05, 3.63) is 59.7 Å². The number of benzene rings is 2. The van der Waals surface area contributed by atoms with E-state index >= 15 is 0 Å². The van der Waals surface area contributed by atoms with Gasteiger partial charge in [0, 0.05) is 44.8 Å². The number of aryl methyl sites for hydroxylation is 1. The summed E-state index contributed by atoms with van der Waals surface area (Å²) in [5, 5.41) is 2.92. The van der Waals surface area contributed by atoms with E-state index in [0.29, 0.717) is 56.3 Å². The maximum Gasteiger partial charge on any atom is 0.251 e. The lowest BCUT2D eigenvalue weighted by atomic mass is 10.2. The van der Waals surface area contributed by atoms with Gasteiger partial charge in [0.15, 0.2) is 0 Å². The summed E-state index contributed by atoms with van der Waals surface area (Å²) in [6.45, 7) is 7.81. The van der Waals surface area contributed by atoms with Crippen LogP contribution in [0.15, 0.2) is 53.4 Å². The van der Waals surface area contributed by atoms with E-state index in [1.54, 1.807) is 36.4 Å². The molecule has 0 saturated carbocycles. The predicted molar refractivity (Wildman–Crippen MR) is 116 cm³/mol. The molecule has 8 heteroatoms. The molecule has 162 valence electrons. The fourth-order valence-electron chi connectivity index (χ4n) is 3.35. The molecule has 1 amide bonds. The van der Waals surface area contributed by atoms with Gasteiger partial charge in [-0.05, 0) is 50.2 Å². The van der Waals surface area contributed by atoms with Crippen molar-refractivity contribution >= 4 is 15.9 Å². The van der Waals surface area contributed by atoms with Crippen LogP contribution in [0.5, 0.6) is 5.75 Å². The SMILES string of the molecule is CCOc1ccc(C(=O)NCCN2CCN(S(=O)(=O)c3ccc(C)cc3)CC2)cc1. The minimum absolute atomic E-state index is 0.126. The fourth-order valence-corrected chi connectivity index (χ4v) is 4.77. The van der Waals surface area contributed by atoms with E-state index in [4.69, 9.17) is 4.74 Å². The molecule has 0 aliphatic carbocycles. The second kappa shape index (κ2) is 10.1. The quantitative estimate of drug-likeness (QED) is 0.693. The summed E-state index contributed by atoms with van der Waals surface area (Å²) < 4.78 is 32.5. The summed E-state index contributed by atoms with van der Waals surface area (Å²) in [4.78, 5) is 14.8. The second-order valence-electron chi connectivity index (χ2n) is 7.27. The molecule has 2 aromatic rings. The number of hydrogen-bond donors (Lipinski definition) is 1. The predicted octanol–water partition coefficient (Wildman–Crippen LogP) is 2.13. The molecule has 0 radical (unpaired) electrons. The third-order valence-electron chi connectivity index (χ3n) is 5.13. The Labute approximate surface area is 178 Å². The highest BCUT2D eigenvalue weighted by Crippen LogP contribution is 2.18. The van der Waals surface area contributed by atoms with Crippen molar-refractivity contribution in [2.45, 2.75) is 18.7 Å². The van der Waals surface area contributed by atoms with Gasteiger partial charge < -0.3 is 10.1 Å². The molecule has 0 aromatic heterocycles. The molecule has 0 spiro atoms. The van der Waals surface area contributed by atoms with Gasteiger partial charge in [0.05, 0.1) is 11.5 Å². The van der Waals surface area contributed by atoms with Crippen molar-refractivity contribution in [1.29, 1.82) is 0 Å². The van der Waals surface area contributed by atoms with E-state index in [1.165, 1.54) is 4.31 Å². The highest BCUT2D eigenvalue weighted by Gasteiger charge is 2.28. The Bertz CT molecular complexity index is 935. The van der Waals surface area contributed by atoms with E-state index in [0.717, 1.165) is 11.3 Å². The van der Waals surface area contributed by atoms with Crippen molar-refractivity contribution < 1.29 is 17.9 Å². The van der Waals surface area contributed by atoms with Crippen molar-refractivity contribution in [2.75, 3.05) is 45.9 Å². The molecule has 0 atom stereocenters. The van der Waals surface area contributed by atoms with Gasteiger partial charge in [0.1, 0.15) is 5.75 Å². The van der Waals surface area contributed by atoms with E-state index in [-0.39, 0.29) is 5.91 Å². The van der Waals surface area contributed by atoms with Gasteiger partial charge in [0.25, 0.3) is 5.91 Å². The molecule has 1 fully saturated rings. The first kappa shape index (κ1) is 22.3. The Morgan fingerprint density at radius 1 is 1.00 bits per heavy atom. The molecule has 1 N–H and O–H groups in total. The van der Waals surface area contributed by atoms with Crippen molar-refractivity contribution in [3.8, 4) is 5.75 Å². The molecular formula is C22H29N3O4S. The molecular weight excluding hydrogens is 402 g/mol. The van der Waals surface area contributed by atoms with Crippen LogP contribution in [-0.2, 0) is 10.0 Å².